The average Bonchev–Trinajstić information content (AvgIpc) is 2.60. The van der Waals surface area contributed by atoms with Crippen LogP contribution in [0, 0.1) is 13.8 Å². The van der Waals surface area contributed by atoms with E-state index in [0.29, 0.717) is 0 Å². The lowest BCUT2D eigenvalue weighted by Crippen LogP contribution is -2.12. The Morgan fingerprint density at radius 3 is 2.41 bits per heavy atom. The van der Waals surface area contributed by atoms with Crippen LogP contribution in [0.25, 0.3) is 0 Å². The molecule has 1 aromatic carbocycles. The summed E-state index contributed by atoms with van der Waals surface area (Å²) in [5.41, 5.74) is 8.36. The molecule has 2 N–H and O–H groups in total. The van der Waals surface area contributed by atoms with Crippen LogP contribution in [0.4, 0.5) is 0 Å². The van der Waals surface area contributed by atoms with Crippen molar-refractivity contribution in [2.45, 2.75) is 19.9 Å². The lowest BCUT2D eigenvalue weighted by Gasteiger charge is -2.13. The number of furan rings is 1. The van der Waals surface area contributed by atoms with Gasteiger partial charge >= 0.3 is 0 Å². The number of rotatable bonds is 2. The van der Waals surface area contributed by atoms with Crippen LogP contribution in [0.3, 0.4) is 0 Å². The van der Waals surface area contributed by atoms with Crippen molar-refractivity contribution in [3.8, 4) is 0 Å². The van der Waals surface area contributed by atoms with Crippen LogP contribution >= 0.6 is 31.9 Å². The predicted molar refractivity (Wildman–Crippen MR) is 76.1 cm³/mol. The van der Waals surface area contributed by atoms with Gasteiger partial charge in [-0.3, -0.25) is 0 Å². The van der Waals surface area contributed by atoms with Crippen molar-refractivity contribution < 1.29 is 4.42 Å². The highest BCUT2D eigenvalue weighted by atomic mass is 79.9. The number of hydrogen-bond donors (Lipinski definition) is 1. The minimum Gasteiger partial charge on any atom is -0.466 e. The predicted octanol–water partition coefficient (Wildman–Crippen LogP) is 4.47. The molecular formula is C13H13Br2NO. The molecule has 1 atom stereocenters. The minimum atomic E-state index is -0.181. The fourth-order valence-corrected chi connectivity index (χ4v) is 2.75. The standard InChI is InChI=1S/C13H13Br2NO/c1-7-5-10(8(2)17-7)13(16)11-6-9(14)3-4-12(11)15/h3-6,13H,16H2,1-2H3. The van der Waals surface area contributed by atoms with E-state index in [4.69, 9.17) is 10.2 Å². The van der Waals surface area contributed by atoms with Gasteiger partial charge in [-0.1, -0.05) is 31.9 Å². The molecule has 4 heteroatoms. The van der Waals surface area contributed by atoms with E-state index >= 15 is 0 Å². The van der Waals surface area contributed by atoms with Crippen LogP contribution in [0.15, 0.2) is 37.6 Å². The second-order valence-corrected chi connectivity index (χ2v) is 5.78. The third-order valence-electron chi connectivity index (χ3n) is 2.71. The maximum absolute atomic E-state index is 6.29. The van der Waals surface area contributed by atoms with Crippen LogP contribution in [-0.2, 0) is 0 Å². The first-order chi connectivity index (χ1) is 7.99. The zero-order valence-corrected chi connectivity index (χ0v) is 12.8. The number of aryl methyl sites for hydroxylation is 2. The summed E-state index contributed by atoms with van der Waals surface area (Å²) in [7, 11) is 0. The van der Waals surface area contributed by atoms with Gasteiger partial charge < -0.3 is 10.2 Å². The normalized spacial score (nSPS) is 12.8. The molecule has 0 fully saturated rings. The Kier molecular flexibility index (Phi) is 3.76. The minimum absolute atomic E-state index is 0.181. The number of nitrogens with two attached hydrogens (primary N) is 1. The Balaban J connectivity index is 2.46. The summed E-state index contributed by atoms with van der Waals surface area (Å²) in [4.78, 5) is 0. The van der Waals surface area contributed by atoms with Gasteiger partial charge in [0.1, 0.15) is 11.5 Å². The number of halogens is 2. The van der Waals surface area contributed by atoms with Gasteiger partial charge in [-0.05, 0) is 43.7 Å². The Morgan fingerprint density at radius 1 is 1.12 bits per heavy atom. The highest BCUT2D eigenvalue weighted by Gasteiger charge is 2.17. The molecule has 0 aliphatic heterocycles. The number of benzene rings is 1. The lowest BCUT2D eigenvalue weighted by molar-refractivity contribution is 0.499. The van der Waals surface area contributed by atoms with E-state index in [0.717, 1.165) is 31.6 Å². The Hall–Kier alpha value is -0.580. The van der Waals surface area contributed by atoms with Gasteiger partial charge in [0, 0.05) is 14.5 Å². The van der Waals surface area contributed by atoms with E-state index in [1.165, 1.54) is 0 Å². The highest BCUT2D eigenvalue weighted by Crippen LogP contribution is 2.31. The van der Waals surface area contributed by atoms with Crippen LogP contribution in [0.2, 0.25) is 0 Å². The van der Waals surface area contributed by atoms with Crippen molar-refractivity contribution in [1.29, 1.82) is 0 Å². The van der Waals surface area contributed by atoms with Gasteiger partial charge in [0.15, 0.2) is 0 Å². The maximum Gasteiger partial charge on any atom is 0.106 e. The van der Waals surface area contributed by atoms with Crippen LogP contribution in [0.1, 0.15) is 28.7 Å². The van der Waals surface area contributed by atoms with Gasteiger partial charge in [-0.2, -0.15) is 0 Å². The monoisotopic (exact) mass is 357 g/mol. The Labute approximate surface area is 117 Å². The van der Waals surface area contributed by atoms with Crippen molar-refractivity contribution in [2.24, 2.45) is 5.73 Å². The largest absolute Gasteiger partial charge is 0.466 e. The zero-order valence-electron chi connectivity index (χ0n) is 9.63. The van der Waals surface area contributed by atoms with E-state index in [9.17, 15) is 0 Å². The summed E-state index contributed by atoms with van der Waals surface area (Å²) in [6.07, 6.45) is 0. The van der Waals surface area contributed by atoms with Crippen molar-refractivity contribution in [1.82, 2.24) is 0 Å². The molecule has 2 rings (SSSR count). The van der Waals surface area contributed by atoms with Gasteiger partial charge in [-0.15, -0.1) is 0 Å². The Morgan fingerprint density at radius 2 is 1.82 bits per heavy atom. The fourth-order valence-electron chi connectivity index (χ4n) is 1.88. The summed E-state index contributed by atoms with van der Waals surface area (Å²) in [5.74, 6) is 1.76. The molecule has 1 heterocycles. The fraction of sp³-hybridized carbons (Fsp3) is 0.231. The first-order valence-corrected chi connectivity index (χ1v) is 6.85. The van der Waals surface area contributed by atoms with Crippen molar-refractivity contribution in [2.75, 3.05) is 0 Å². The van der Waals surface area contributed by atoms with Crippen LogP contribution < -0.4 is 5.73 Å². The summed E-state index contributed by atoms with van der Waals surface area (Å²) >= 11 is 6.99. The summed E-state index contributed by atoms with van der Waals surface area (Å²) in [6.45, 7) is 3.87. The molecule has 1 unspecified atom stereocenters. The second kappa shape index (κ2) is 4.96. The molecule has 0 aliphatic rings. The zero-order chi connectivity index (χ0) is 12.6. The molecule has 0 aliphatic carbocycles. The third kappa shape index (κ3) is 2.64. The quantitative estimate of drug-likeness (QED) is 0.860. The second-order valence-electron chi connectivity index (χ2n) is 4.01. The van der Waals surface area contributed by atoms with Gasteiger partial charge in [-0.25, -0.2) is 0 Å². The SMILES string of the molecule is Cc1cc(C(N)c2cc(Br)ccc2Br)c(C)o1. The van der Waals surface area contributed by atoms with E-state index in [-0.39, 0.29) is 6.04 Å². The third-order valence-corrected chi connectivity index (χ3v) is 3.92. The van der Waals surface area contributed by atoms with Crippen LogP contribution in [0.5, 0.6) is 0 Å². The Bertz CT molecular complexity index is 548. The average molecular weight is 359 g/mol. The molecule has 1 aromatic heterocycles. The van der Waals surface area contributed by atoms with Gasteiger partial charge in [0.2, 0.25) is 0 Å². The topological polar surface area (TPSA) is 39.2 Å². The summed E-state index contributed by atoms with van der Waals surface area (Å²) in [6, 6.07) is 7.80. The summed E-state index contributed by atoms with van der Waals surface area (Å²) < 4.78 is 7.54. The van der Waals surface area contributed by atoms with Crippen molar-refractivity contribution in [3.05, 3.63) is 55.9 Å². The molecule has 17 heavy (non-hydrogen) atoms. The lowest BCUT2D eigenvalue weighted by atomic mass is 10.00. The first kappa shape index (κ1) is 12.9. The molecule has 2 aromatic rings. The first-order valence-electron chi connectivity index (χ1n) is 5.26. The molecule has 0 radical (unpaired) electrons. The molecule has 0 amide bonds. The smallest absolute Gasteiger partial charge is 0.106 e. The molecule has 0 saturated heterocycles. The van der Waals surface area contributed by atoms with E-state index < -0.39 is 0 Å². The number of hydrogen-bond acceptors (Lipinski definition) is 2. The van der Waals surface area contributed by atoms with E-state index in [1.54, 1.807) is 0 Å². The molecular weight excluding hydrogens is 346 g/mol. The van der Waals surface area contributed by atoms with Gasteiger partial charge in [0.25, 0.3) is 0 Å². The molecule has 0 spiro atoms. The van der Waals surface area contributed by atoms with Crippen molar-refractivity contribution in [3.63, 3.8) is 0 Å². The maximum atomic E-state index is 6.29. The molecule has 0 bridgehead atoms. The van der Waals surface area contributed by atoms with E-state index in [2.05, 4.69) is 31.9 Å². The highest BCUT2D eigenvalue weighted by molar-refractivity contribution is 9.11. The summed E-state index contributed by atoms with van der Waals surface area (Å²) in [5, 5.41) is 0. The molecule has 2 nitrogen and oxygen atoms in total. The molecule has 90 valence electrons. The van der Waals surface area contributed by atoms with Crippen LogP contribution in [-0.4, -0.2) is 0 Å². The van der Waals surface area contributed by atoms with Crippen molar-refractivity contribution >= 4 is 31.9 Å². The van der Waals surface area contributed by atoms with E-state index in [1.807, 2.05) is 38.1 Å². The molecule has 0 saturated carbocycles. The van der Waals surface area contributed by atoms with Gasteiger partial charge in [0.05, 0.1) is 6.04 Å².